The molecule has 2 aromatic rings. The number of hydrogen-bond donors (Lipinski definition) is 2. The van der Waals surface area contributed by atoms with Crippen molar-refractivity contribution in [1.29, 1.82) is 0 Å². The van der Waals surface area contributed by atoms with Crippen LogP contribution in [0.25, 0.3) is 0 Å². The van der Waals surface area contributed by atoms with E-state index in [-0.39, 0.29) is 5.75 Å². The summed E-state index contributed by atoms with van der Waals surface area (Å²) >= 11 is 0. The molecular weight excluding hydrogens is 240 g/mol. The number of aromatic hydroxyl groups is 1. The summed E-state index contributed by atoms with van der Waals surface area (Å²) in [5.74, 6) is 1.00. The van der Waals surface area contributed by atoms with Crippen LogP contribution < -0.4 is 10.1 Å². The number of nitrogens with zero attached hydrogens (tertiary/aromatic N) is 1. The lowest BCUT2D eigenvalue weighted by Gasteiger charge is -2.12. The van der Waals surface area contributed by atoms with Gasteiger partial charge < -0.3 is 15.2 Å². The Morgan fingerprint density at radius 1 is 1.21 bits per heavy atom. The van der Waals surface area contributed by atoms with Gasteiger partial charge >= 0.3 is 0 Å². The minimum Gasteiger partial charge on any atom is -0.506 e. The van der Waals surface area contributed by atoms with E-state index in [0.717, 1.165) is 17.1 Å². The van der Waals surface area contributed by atoms with Gasteiger partial charge in [-0.15, -0.1) is 0 Å². The number of aromatic nitrogens is 1. The first kappa shape index (κ1) is 13.2. The quantitative estimate of drug-likeness (QED) is 0.865. The lowest BCUT2D eigenvalue weighted by molar-refractivity contribution is 0.341. The molecule has 19 heavy (non-hydrogen) atoms. The highest BCUT2D eigenvalue weighted by molar-refractivity contribution is 5.56. The van der Waals surface area contributed by atoms with Gasteiger partial charge in [0.2, 0.25) is 0 Å². The first-order chi connectivity index (χ1) is 9.20. The Balaban J connectivity index is 2.12. The lowest BCUT2D eigenvalue weighted by Crippen LogP contribution is -2.05. The molecule has 0 radical (unpaired) electrons. The van der Waals surface area contributed by atoms with Crippen molar-refractivity contribution in [2.24, 2.45) is 0 Å². The maximum atomic E-state index is 9.75. The van der Waals surface area contributed by atoms with Crippen molar-refractivity contribution in [1.82, 2.24) is 4.98 Å². The summed E-state index contributed by atoms with van der Waals surface area (Å²) in [6, 6.07) is 11.2. The summed E-state index contributed by atoms with van der Waals surface area (Å²) in [7, 11) is 0. The molecule has 0 saturated carbocycles. The monoisotopic (exact) mass is 258 g/mol. The average Bonchev–Trinajstić information content (AvgIpc) is 2.42. The zero-order chi connectivity index (χ0) is 13.7. The molecule has 1 aromatic heterocycles. The molecule has 0 aliphatic heterocycles. The Morgan fingerprint density at radius 2 is 2.00 bits per heavy atom. The summed E-state index contributed by atoms with van der Waals surface area (Å²) in [5, 5.41) is 13.0. The third kappa shape index (κ3) is 3.37. The number of aryl methyl sites for hydroxylation is 1. The SMILES string of the molecule is CCOc1ccccc1NCc1nc(C)ccc1O. The summed E-state index contributed by atoms with van der Waals surface area (Å²) < 4.78 is 5.53. The van der Waals surface area contributed by atoms with Crippen LogP contribution in [-0.2, 0) is 6.54 Å². The molecule has 2 N–H and O–H groups in total. The molecule has 0 atom stereocenters. The second kappa shape index (κ2) is 6.09. The van der Waals surface area contributed by atoms with Gasteiger partial charge in [0.15, 0.2) is 0 Å². The first-order valence-corrected chi connectivity index (χ1v) is 6.32. The van der Waals surface area contributed by atoms with E-state index < -0.39 is 0 Å². The van der Waals surface area contributed by atoms with Gasteiger partial charge in [0.25, 0.3) is 0 Å². The Hall–Kier alpha value is -2.23. The number of pyridine rings is 1. The van der Waals surface area contributed by atoms with E-state index >= 15 is 0 Å². The smallest absolute Gasteiger partial charge is 0.142 e. The van der Waals surface area contributed by atoms with Crippen LogP contribution in [-0.4, -0.2) is 16.7 Å². The van der Waals surface area contributed by atoms with E-state index in [1.807, 2.05) is 38.1 Å². The van der Waals surface area contributed by atoms with E-state index in [2.05, 4.69) is 10.3 Å². The van der Waals surface area contributed by atoms with Crippen molar-refractivity contribution in [3.63, 3.8) is 0 Å². The van der Waals surface area contributed by atoms with Crippen LogP contribution in [0.3, 0.4) is 0 Å². The van der Waals surface area contributed by atoms with E-state index in [9.17, 15) is 5.11 Å². The van der Waals surface area contributed by atoms with E-state index in [0.29, 0.717) is 18.8 Å². The third-order valence-electron chi connectivity index (χ3n) is 2.72. The molecule has 0 saturated heterocycles. The molecule has 4 nitrogen and oxygen atoms in total. The van der Waals surface area contributed by atoms with Gasteiger partial charge in [-0.3, -0.25) is 4.98 Å². The summed E-state index contributed by atoms with van der Waals surface area (Å²) in [4.78, 5) is 4.31. The Morgan fingerprint density at radius 3 is 2.79 bits per heavy atom. The largest absolute Gasteiger partial charge is 0.506 e. The van der Waals surface area contributed by atoms with Gasteiger partial charge in [0, 0.05) is 5.69 Å². The molecule has 2 rings (SSSR count). The van der Waals surface area contributed by atoms with Gasteiger partial charge in [-0.05, 0) is 38.1 Å². The van der Waals surface area contributed by atoms with Gasteiger partial charge in [-0.25, -0.2) is 0 Å². The summed E-state index contributed by atoms with van der Waals surface area (Å²) in [6.07, 6.45) is 0. The Kier molecular flexibility index (Phi) is 4.23. The number of benzene rings is 1. The number of anilines is 1. The second-order valence-corrected chi connectivity index (χ2v) is 4.20. The van der Waals surface area contributed by atoms with Gasteiger partial charge in [-0.2, -0.15) is 0 Å². The van der Waals surface area contributed by atoms with Crippen molar-refractivity contribution >= 4 is 5.69 Å². The van der Waals surface area contributed by atoms with Crippen LogP contribution in [0.4, 0.5) is 5.69 Å². The predicted molar refractivity (Wildman–Crippen MR) is 75.6 cm³/mol. The molecule has 0 spiro atoms. The molecule has 4 heteroatoms. The molecule has 0 fully saturated rings. The Labute approximate surface area is 113 Å². The lowest BCUT2D eigenvalue weighted by atomic mass is 10.2. The van der Waals surface area contributed by atoms with E-state index in [1.54, 1.807) is 12.1 Å². The zero-order valence-corrected chi connectivity index (χ0v) is 11.2. The van der Waals surface area contributed by atoms with Crippen molar-refractivity contribution in [3.8, 4) is 11.5 Å². The van der Waals surface area contributed by atoms with Gasteiger partial charge in [0.05, 0.1) is 18.8 Å². The minimum absolute atomic E-state index is 0.201. The molecule has 0 bridgehead atoms. The topological polar surface area (TPSA) is 54.4 Å². The first-order valence-electron chi connectivity index (χ1n) is 6.32. The highest BCUT2D eigenvalue weighted by Crippen LogP contribution is 2.25. The maximum Gasteiger partial charge on any atom is 0.142 e. The maximum absolute atomic E-state index is 9.75. The molecule has 1 aromatic carbocycles. The zero-order valence-electron chi connectivity index (χ0n) is 11.2. The molecule has 0 aliphatic rings. The van der Waals surface area contributed by atoms with Gasteiger partial charge in [-0.1, -0.05) is 12.1 Å². The van der Waals surface area contributed by atoms with Crippen molar-refractivity contribution < 1.29 is 9.84 Å². The number of rotatable bonds is 5. The summed E-state index contributed by atoms with van der Waals surface area (Å²) in [6.45, 7) is 4.92. The molecule has 0 amide bonds. The number of para-hydroxylation sites is 2. The number of ether oxygens (including phenoxy) is 1. The van der Waals surface area contributed by atoms with Crippen LogP contribution >= 0.6 is 0 Å². The molecule has 0 aliphatic carbocycles. The standard InChI is InChI=1S/C15H18N2O2/c1-3-19-15-7-5-4-6-12(15)16-10-13-14(18)9-8-11(2)17-13/h4-9,16,18H,3,10H2,1-2H3. The fraction of sp³-hybridized carbons (Fsp3) is 0.267. The van der Waals surface area contributed by atoms with E-state index in [1.165, 1.54) is 0 Å². The van der Waals surface area contributed by atoms with Crippen LogP contribution in [0.1, 0.15) is 18.3 Å². The van der Waals surface area contributed by atoms with Crippen LogP contribution in [0.2, 0.25) is 0 Å². The molecule has 1 heterocycles. The van der Waals surface area contributed by atoms with Crippen LogP contribution in [0, 0.1) is 6.92 Å². The number of nitrogens with one attached hydrogen (secondary N) is 1. The minimum atomic E-state index is 0.201. The molecule has 100 valence electrons. The van der Waals surface area contributed by atoms with E-state index in [4.69, 9.17) is 4.74 Å². The van der Waals surface area contributed by atoms with Gasteiger partial charge in [0.1, 0.15) is 17.2 Å². The third-order valence-corrected chi connectivity index (χ3v) is 2.72. The highest BCUT2D eigenvalue weighted by Gasteiger charge is 2.06. The second-order valence-electron chi connectivity index (χ2n) is 4.20. The van der Waals surface area contributed by atoms with Crippen LogP contribution in [0.15, 0.2) is 36.4 Å². The molecule has 0 unspecified atom stereocenters. The number of hydrogen-bond acceptors (Lipinski definition) is 4. The fourth-order valence-corrected chi connectivity index (χ4v) is 1.81. The fourth-order valence-electron chi connectivity index (χ4n) is 1.81. The van der Waals surface area contributed by atoms with Crippen LogP contribution in [0.5, 0.6) is 11.5 Å². The van der Waals surface area contributed by atoms with Crippen molar-refractivity contribution in [2.75, 3.05) is 11.9 Å². The highest BCUT2D eigenvalue weighted by atomic mass is 16.5. The normalized spacial score (nSPS) is 10.2. The van der Waals surface area contributed by atoms with Crippen molar-refractivity contribution in [2.45, 2.75) is 20.4 Å². The molecular formula is C15H18N2O2. The average molecular weight is 258 g/mol. The predicted octanol–water partition coefficient (Wildman–Crippen LogP) is 3.11. The van der Waals surface area contributed by atoms with Crippen molar-refractivity contribution in [3.05, 3.63) is 47.8 Å². The summed E-state index contributed by atoms with van der Waals surface area (Å²) in [5.41, 5.74) is 2.41. The Bertz CT molecular complexity index is 556.